The molecule has 3 nitrogen and oxygen atoms in total. The van der Waals surface area contributed by atoms with E-state index >= 15 is 0 Å². The maximum atomic E-state index is 5.88. The Kier molecular flexibility index (Phi) is 3.61. The third kappa shape index (κ3) is 2.63. The van der Waals surface area contributed by atoms with Crippen molar-refractivity contribution in [2.24, 2.45) is 0 Å². The summed E-state index contributed by atoms with van der Waals surface area (Å²) < 4.78 is 11.8. The first-order chi connectivity index (χ1) is 9.76. The van der Waals surface area contributed by atoms with Crippen LogP contribution in [0.4, 0.5) is 0 Å². The molecule has 0 spiro atoms. The minimum absolute atomic E-state index is 0.237. The molecule has 3 rings (SSSR count). The van der Waals surface area contributed by atoms with Crippen LogP contribution in [0.2, 0.25) is 0 Å². The molecule has 0 saturated heterocycles. The van der Waals surface area contributed by atoms with Crippen LogP contribution in [0.15, 0.2) is 48.5 Å². The van der Waals surface area contributed by atoms with Gasteiger partial charge in [-0.2, -0.15) is 0 Å². The summed E-state index contributed by atoms with van der Waals surface area (Å²) in [6.45, 7) is 2.10. The summed E-state index contributed by atoms with van der Waals surface area (Å²) in [5.74, 6) is 2.63. The van der Waals surface area contributed by atoms with E-state index in [1.54, 1.807) is 0 Å². The average Bonchev–Trinajstić information content (AvgIpc) is 2.48. The van der Waals surface area contributed by atoms with Crippen LogP contribution >= 0.6 is 0 Å². The van der Waals surface area contributed by atoms with Crippen molar-refractivity contribution in [1.29, 1.82) is 0 Å². The van der Waals surface area contributed by atoms with Gasteiger partial charge in [0.1, 0.15) is 17.2 Å². The van der Waals surface area contributed by atoms with Crippen molar-refractivity contribution in [1.82, 2.24) is 5.32 Å². The second-order valence-electron chi connectivity index (χ2n) is 5.12. The van der Waals surface area contributed by atoms with Crippen LogP contribution in [0.3, 0.4) is 0 Å². The van der Waals surface area contributed by atoms with Crippen molar-refractivity contribution in [2.75, 3.05) is 7.05 Å². The SMILES string of the molecule is CNC1CC(C)Oc2ccc(Oc3ccccc3)cc21. The molecule has 104 valence electrons. The van der Waals surface area contributed by atoms with Gasteiger partial charge in [0.15, 0.2) is 0 Å². The number of ether oxygens (including phenoxy) is 2. The predicted octanol–water partition coefficient (Wildman–Crippen LogP) is 3.91. The monoisotopic (exact) mass is 269 g/mol. The summed E-state index contributed by atoms with van der Waals surface area (Å²) in [6, 6.07) is 16.1. The molecule has 1 aliphatic rings. The van der Waals surface area contributed by atoms with Crippen LogP contribution in [0.25, 0.3) is 0 Å². The van der Waals surface area contributed by atoms with Gasteiger partial charge in [-0.15, -0.1) is 0 Å². The van der Waals surface area contributed by atoms with Crippen molar-refractivity contribution in [3.05, 3.63) is 54.1 Å². The minimum Gasteiger partial charge on any atom is -0.490 e. The first kappa shape index (κ1) is 13.0. The zero-order chi connectivity index (χ0) is 13.9. The second-order valence-corrected chi connectivity index (χ2v) is 5.12. The van der Waals surface area contributed by atoms with Crippen LogP contribution in [-0.4, -0.2) is 13.2 Å². The zero-order valence-electron chi connectivity index (χ0n) is 11.8. The Hall–Kier alpha value is -2.00. The first-order valence-electron chi connectivity index (χ1n) is 6.97. The maximum absolute atomic E-state index is 5.88. The van der Waals surface area contributed by atoms with E-state index < -0.39 is 0 Å². The molecule has 0 saturated carbocycles. The molecule has 0 bridgehead atoms. The van der Waals surface area contributed by atoms with Gasteiger partial charge < -0.3 is 14.8 Å². The van der Waals surface area contributed by atoms with Crippen LogP contribution in [0.5, 0.6) is 17.2 Å². The lowest BCUT2D eigenvalue weighted by Crippen LogP contribution is -2.29. The number of hydrogen-bond acceptors (Lipinski definition) is 3. The highest BCUT2D eigenvalue weighted by molar-refractivity contribution is 5.45. The lowest BCUT2D eigenvalue weighted by molar-refractivity contribution is 0.168. The Bertz CT molecular complexity index is 583. The quantitative estimate of drug-likeness (QED) is 0.916. The van der Waals surface area contributed by atoms with Crippen molar-refractivity contribution in [3.8, 4) is 17.2 Å². The lowest BCUT2D eigenvalue weighted by atomic mass is 9.97. The Morgan fingerprint density at radius 3 is 2.65 bits per heavy atom. The van der Waals surface area contributed by atoms with Crippen LogP contribution in [0.1, 0.15) is 24.9 Å². The lowest BCUT2D eigenvalue weighted by Gasteiger charge is -2.30. The Labute approximate surface area is 119 Å². The summed E-state index contributed by atoms with van der Waals surface area (Å²) in [7, 11) is 1.98. The molecular weight excluding hydrogens is 250 g/mol. The molecule has 0 aliphatic carbocycles. The van der Waals surface area contributed by atoms with Gasteiger partial charge in [0.25, 0.3) is 0 Å². The summed E-state index contributed by atoms with van der Waals surface area (Å²) in [4.78, 5) is 0. The number of fused-ring (bicyclic) bond motifs is 1. The molecule has 2 unspecified atom stereocenters. The van der Waals surface area contributed by atoms with Gasteiger partial charge in [0.05, 0.1) is 6.10 Å². The van der Waals surface area contributed by atoms with E-state index in [0.29, 0.717) is 6.04 Å². The second kappa shape index (κ2) is 5.55. The van der Waals surface area contributed by atoms with Crippen LogP contribution in [-0.2, 0) is 0 Å². The molecule has 20 heavy (non-hydrogen) atoms. The summed E-state index contributed by atoms with van der Waals surface area (Å²) in [5.41, 5.74) is 1.17. The number of rotatable bonds is 3. The number of benzene rings is 2. The van der Waals surface area contributed by atoms with Crippen molar-refractivity contribution >= 4 is 0 Å². The van der Waals surface area contributed by atoms with Gasteiger partial charge in [0.2, 0.25) is 0 Å². The zero-order valence-corrected chi connectivity index (χ0v) is 11.8. The molecule has 2 aromatic rings. The molecule has 2 aromatic carbocycles. The maximum Gasteiger partial charge on any atom is 0.128 e. The van der Waals surface area contributed by atoms with Gasteiger partial charge in [-0.05, 0) is 44.3 Å². The standard InChI is InChI=1S/C17H19NO2/c1-12-10-16(18-2)15-11-14(8-9-17(15)19-12)20-13-6-4-3-5-7-13/h3-9,11-12,16,18H,10H2,1-2H3. The normalized spacial score (nSPS) is 20.9. The van der Waals surface area contributed by atoms with Crippen molar-refractivity contribution in [3.63, 3.8) is 0 Å². The van der Waals surface area contributed by atoms with Gasteiger partial charge in [0, 0.05) is 18.0 Å². The topological polar surface area (TPSA) is 30.5 Å². The highest BCUT2D eigenvalue weighted by atomic mass is 16.5. The van der Waals surface area contributed by atoms with E-state index in [2.05, 4.69) is 18.3 Å². The molecule has 0 aromatic heterocycles. The highest BCUT2D eigenvalue weighted by Crippen LogP contribution is 2.37. The van der Waals surface area contributed by atoms with E-state index in [1.807, 2.05) is 49.5 Å². The minimum atomic E-state index is 0.237. The largest absolute Gasteiger partial charge is 0.490 e. The van der Waals surface area contributed by atoms with Crippen molar-refractivity contribution in [2.45, 2.75) is 25.5 Å². The molecule has 1 aliphatic heterocycles. The molecule has 3 heteroatoms. The predicted molar refractivity (Wildman–Crippen MR) is 79.5 cm³/mol. The smallest absolute Gasteiger partial charge is 0.128 e. The molecule has 1 heterocycles. The molecule has 2 atom stereocenters. The molecule has 0 amide bonds. The van der Waals surface area contributed by atoms with Gasteiger partial charge >= 0.3 is 0 Å². The molecule has 1 N–H and O–H groups in total. The van der Waals surface area contributed by atoms with Gasteiger partial charge in [-0.3, -0.25) is 0 Å². The van der Waals surface area contributed by atoms with Crippen molar-refractivity contribution < 1.29 is 9.47 Å². The summed E-state index contributed by atoms with van der Waals surface area (Å²) in [6.07, 6.45) is 1.21. The number of hydrogen-bond donors (Lipinski definition) is 1. The number of nitrogens with one attached hydrogen (secondary N) is 1. The fourth-order valence-electron chi connectivity index (χ4n) is 2.59. The van der Waals surface area contributed by atoms with E-state index in [0.717, 1.165) is 23.7 Å². The fraction of sp³-hybridized carbons (Fsp3) is 0.294. The third-order valence-electron chi connectivity index (χ3n) is 3.58. The fourth-order valence-corrected chi connectivity index (χ4v) is 2.59. The number of para-hydroxylation sites is 1. The Balaban J connectivity index is 1.88. The molecule has 0 fully saturated rings. The highest BCUT2D eigenvalue weighted by Gasteiger charge is 2.25. The van der Waals surface area contributed by atoms with E-state index in [1.165, 1.54) is 5.56 Å². The Morgan fingerprint density at radius 1 is 1.10 bits per heavy atom. The summed E-state index contributed by atoms with van der Waals surface area (Å²) in [5, 5.41) is 3.35. The Morgan fingerprint density at radius 2 is 1.90 bits per heavy atom. The van der Waals surface area contributed by atoms with E-state index in [9.17, 15) is 0 Å². The van der Waals surface area contributed by atoms with Crippen LogP contribution < -0.4 is 14.8 Å². The van der Waals surface area contributed by atoms with Crippen LogP contribution in [0, 0.1) is 0 Å². The summed E-state index contributed by atoms with van der Waals surface area (Å²) >= 11 is 0. The van der Waals surface area contributed by atoms with Gasteiger partial charge in [-0.1, -0.05) is 18.2 Å². The van der Waals surface area contributed by atoms with E-state index in [4.69, 9.17) is 9.47 Å². The molecular formula is C17H19NO2. The third-order valence-corrected chi connectivity index (χ3v) is 3.58. The first-order valence-corrected chi connectivity index (χ1v) is 6.97. The van der Waals surface area contributed by atoms with Gasteiger partial charge in [-0.25, -0.2) is 0 Å². The average molecular weight is 269 g/mol. The van der Waals surface area contributed by atoms with E-state index in [-0.39, 0.29) is 6.10 Å². The molecule has 0 radical (unpaired) electrons.